The maximum Gasteiger partial charge on any atom is 0.306 e. The van der Waals surface area contributed by atoms with E-state index in [0.717, 1.165) is 18.4 Å². The predicted octanol–water partition coefficient (Wildman–Crippen LogP) is 4.43. The number of hydrogen-bond acceptors (Lipinski definition) is 8. The fourth-order valence-electron chi connectivity index (χ4n) is 8.98. The fourth-order valence-corrected chi connectivity index (χ4v) is 8.98. The van der Waals surface area contributed by atoms with E-state index in [-0.39, 0.29) is 5.92 Å². The van der Waals surface area contributed by atoms with Gasteiger partial charge < -0.3 is 34.3 Å². The molecule has 3 saturated heterocycles. The van der Waals surface area contributed by atoms with Gasteiger partial charge in [0, 0.05) is 17.9 Å². The second-order valence-electron chi connectivity index (χ2n) is 13.7. The Bertz CT molecular complexity index is 1210. The molecule has 2 saturated carbocycles. The van der Waals surface area contributed by atoms with Gasteiger partial charge in [0.2, 0.25) is 0 Å². The number of unbranched alkanes of at least 4 members (excludes halogenated alkanes) is 7. The van der Waals surface area contributed by atoms with E-state index in [1.54, 1.807) is 19.1 Å². The highest BCUT2D eigenvalue weighted by atomic mass is 16.9. The molecule has 42 heavy (non-hydrogen) atoms. The normalized spacial score (nSPS) is 48.4. The predicted molar refractivity (Wildman–Crippen MR) is 156 cm³/mol. The summed E-state index contributed by atoms with van der Waals surface area (Å²) in [5.74, 6) is -3.80. The Labute approximate surface area is 249 Å². The molecule has 8 heteroatoms. The summed E-state index contributed by atoms with van der Waals surface area (Å²) in [5.41, 5.74) is -4.66. The molecule has 232 valence electrons. The van der Waals surface area contributed by atoms with Gasteiger partial charge in [0.05, 0.1) is 12.2 Å². The molecule has 5 fully saturated rings. The lowest BCUT2D eigenvalue weighted by Gasteiger charge is -2.59. The van der Waals surface area contributed by atoms with E-state index >= 15 is 0 Å². The number of ketones is 1. The van der Waals surface area contributed by atoms with Crippen LogP contribution in [0.4, 0.5) is 0 Å². The summed E-state index contributed by atoms with van der Waals surface area (Å²) in [6, 6.07) is 0. The molecule has 6 aliphatic rings. The van der Waals surface area contributed by atoms with Crippen molar-refractivity contribution in [3.63, 3.8) is 0 Å². The van der Waals surface area contributed by atoms with Crippen molar-refractivity contribution < 1.29 is 39.1 Å². The summed E-state index contributed by atoms with van der Waals surface area (Å²) in [6.45, 7) is 11.6. The van der Waals surface area contributed by atoms with Crippen LogP contribution >= 0.6 is 0 Å². The van der Waals surface area contributed by atoms with Crippen molar-refractivity contribution in [2.45, 2.75) is 132 Å². The van der Waals surface area contributed by atoms with Gasteiger partial charge in [-0.25, -0.2) is 0 Å². The zero-order valence-corrected chi connectivity index (χ0v) is 25.5. The number of hydrogen-bond donors (Lipinski definition) is 3. The highest BCUT2D eigenvalue weighted by Gasteiger charge is 2.88. The van der Waals surface area contributed by atoms with Gasteiger partial charge in [0.15, 0.2) is 11.4 Å². The Kier molecular flexibility index (Phi) is 7.57. The number of ether oxygens (including phenoxy) is 4. The van der Waals surface area contributed by atoms with Gasteiger partial charge in [-0.3, -0.25) is 4.79 Å². The monoisotopic (exact) mass is 584 g/mol. The van der Waals surface area contributed by atoms with E-state index in [1.165, 1.54) is 38.5 Å². The van der Waals surface area contributed by atoms with Crippen molar-refractivity contribution in [1.82, 2.24) is 0 Å². The number of allylic oxidation sites excluding steroid dienone is 3. The molecule has 0 aromatic heterocycles. The second-order valence-corrected chi connectivity index (χ2v) is 13.7. The lowest BCUT2D eigenvalue weighted by atomic mass is 9.54. The topological polar surface area (TPSA) is 118 Å². The molecule has 0 aromatic rings. The van der Waals surface area contributed by atoms with Crippen molar-refractivity contribution in [3.05, 3.63) is 48.1 Å². The largest absolute Gasteiger partial charge is 0.393 e. The summed E-state index contributed by atoms with van der Waals surface area (Å²) in [6.07, 6.45) is 16.9. The molecule has 0 aromatic carbocycles. The molecule has 11 atom stereocenters. The second kappa shape index (κ2) is 10.5. The quantitative estimate of drug-likeness (QED) is 0.134. The van der Waals surface area contributed by atoms with Crippen LogP contribution in [0.3, 0.4) is 0 Å². The van der Waals surface area contributed by atoms with E-state index in [9.17, 15) is 20.1 Å². The zero-order chi connectivity index (χ0) is 30.1. The molecule has 3 bridgehead atoms. The van der Waals surface area contributed by atoms with E-state index in [4.69, 9.17) is 18.9 Å². The van der Waals surface area contributed by atoms with Crippen molar-refractivity contribution in [2.75, 3.05) is 6.61 Å². The Balaban J connectivity index is 1.31. The number of carbonyl (C=O) groups excluding carboxylic acids is 1. The third kappa shape index (κ3) is 3.95. The van der Waals surface area contributed by atoms with Gasteiger partial charge in [0.25, 0.3) is 0 Å². The molecule has 8 nitrogen and oxygen atoms in total. The van der Waals surface area contributed by atoms with Crippen LogP contribution in [0.1, 0.15) is 85.5 Å². The molecule has 0 amide bonds. The lowest BCUT2D eigenvalue weighted by Crippen LogP contribution is -2.72. The van der Waals surface area contributed by atoms with Gasteiger partial charge in [-0.15, -0.1) is 0 Å². The zero-order valence-electron chi connectivity index (χ0n) is 25.5. The number of aliphatic hydroxyl groups excluding tert-OH is 2. The summed E-state index contributed by atoms with van der Waals surface area (Å²) in [4.78, 5) is 13.5. The van der Waals surface area contributed by atoms with Crippen LogP contribution in [-0.2, 0) is 23.7 Å². The van der Waals surface area contributed by atoms with Crippen molar-refractivity contribution in [3.8, 4) is 0 Å². The molecule has 6 rings (SSSR count). The summed E-state index contributed by atoms with van der Waals surface area (Å²) in [7, 11) is 0. The number of carbonyl (C=O) groups is 1. The van der Waals surface area contributed by atoms with Gasteiger partial charge in [-0.05, 0) is 50.2 Å². The summed E-state index contributed by atoms with van der Waals surface area (Å²) in [5, 5.41) is 34.2. The van der Waals surface area contributed by atoms with Crippen LogP contribution in [0, 0.1) is 17.8 Å². The van der Waals surface area contributed by atoms with Crippen molar-refractivity contribution in [2.24, 2.45) is 17.8 Å². The first-order valence-electron chi connectivity index (χ1n) is 16.0. The van der Waals surface area contributed by atoms with Crippen LogP contribution in [0.5, 0.6) is 0 Å². The lowest BCUT2D eigenvalue weighted by molar-refractivity contribution is -0.406. The third-order valence-corrected chi connectivity index (χ3v) is 11.2. The minimum absolute atomic E-state index is 0.236. The molecule has 0 spiro atoms. The van der Waals surface area contributed by atoms with Crippen LogP contribution in [-0.4, -0.2) is 74.4 Å². The number of Topliss-reactive ketones (excluding diaryl/α,β-unsaturated/α-hetero) is 1. The van der Waals surface area contributed by atoms with Crippen LogP contribution < -0.4 is 0 Å². The number of fused-ring (bicyclic) bond motifs is 3. The first-order valence-corrected chi connectivity index (χ1v) is 16.0. The molecule has 3 N–H and O–H groups in total. The minimum atomic E-state index is -2.22. The highest BCUT2D eigenvalue weighted by molar-refractivity contribution is 6.05. The summed E-state index contributed by atoms with van der Waals surface area (Å²) < 4.78 is 26.5. The molecular weight excluding hydrogens is 536 g/mol. The Morgan fingerprint density at radius 2 is 1.81 bits per heavy atom. The standard InChI is InChI=1S/C34H48O8/c1-6-7-8-9-10-11-12-13-14-15-16-17-32-40-27-25-28-31(20-35,39-28)29(37)33(38)24(18-22(4)26(33)36)34(25,42-32)23(5)19-30(27,41-32)21(2)3/h14-18,23-25,27-29,35,37-38H,2,6-13,19-20H2,1,3-5H3/b15-14+,17-16+. The smallest absolute Gasteiger partial charge is 0.306 e. The third-order valence-electron chi connectivity index (χ3n) is 11.2. The summed E-state index contributed by atoms with van der Waals surface area (Å²) >= 11 is 0. The number of rotatable bonds is 12. The van der Waals surface area contributed by atoms with Crippen molar-refractivity contribution >= 4 is 5.78 Å². The van der Waals surface area contributed by atoms with Gasteiger partial charge >= 0.3 is 5.97 Å². The van der Waals surface area contributed by atoms with Crippen LogP contribution in [0.2, 0.25) is 0 Å². The minimum Gasteiger partial charge on any atom is -0.393 e. The van der Waals surface area contributed by atoms with Crippen LogP contribution in [0.25, 0.3) is 0 Å². The Morgan fingerprint density at radius 1 is 1.10 bits per heavy atom. The van der Waals surface area contributed by atoms with Gasteiger partial charge in [-0.2, -0.15) is 0 Å². The maximum absolute atomic E-state index is 13.5. The van der Waals surface area contributed by atoms with E-state index < -0.39 is 70.9 Å². The molecule has 0 radical (unpaired) electrons. The number of epoxide rings is 1. The first kappa shape index (κ1) is 30.4. The average Bonchev–Trinajstić information content (AvgIpc) is 3.60. The van der Waals surface area contributed by atoms with Gasteiger partial charge in [-0.1, -0.05) is 83.3 Å². The molecule has 3 aliphatic heterocycles. The van der Waals surface area contributed by atoms with Gasteiger partial charge in [0.1, 0.15) is 29.5 Å². The van der Waals surface area contributed by atoms with E-state index in [0.29, 0.717) is 12.0 Å². The Morgan fingerprint density at radius 3 is 2.50 bits per heavy atom. The molecular formula is C34H48O8. The molecule has 3 aliphatic carbocycles. The Hall–Kier alpha value is -1.65. The average molecular weight is 585 g/mol. The molecule has 3 heterocycles. The van der Waals surface area contributed by atoms with E-state index in [1.807, 2.05) is 26.0 Å². The first-order chi connectivity index (χ1) is 20.0. The fraction of sp³-hybridized carbons (Fsp3) is 0.735. The molecule has 11 unspecified atom stereocenters. The van der Waals surface area contributed by atoms with Crippen molar-refractivity contribution in [1.29, 1.82) is 0 Å². The van der Waals surface area contributed by atoms with E-state index in [2.05, 4.69) is 19.6 Å². The highest BCUT2D eigenvalue weighted by Crippen LogP contribution is 2.72. The number of aliphatic hydroxyl groups is 3. The maximum atomic E-state index is 13.5. The SMILES string of the molecule is C=C(C)C12CC(C)C34OC(/C=C/C=C/CCCCCCCCC)(OC1C3C1OC1(CO)C(O)C1(O)C(=O)C(C)=CC14)O2. The van der Waals surface area contributed by atoms with Crippen LogP contribution in [0.15, 0.2) is 48.1 Å².